The number of benzene rings is 3. The van der Waals surface area contributed by atoms with Crippen LogP contribution < -0.4 is 10.1 Å². The van der Waals surface area contributed by atoms with Crippen molar-refractivity contribution in [1.82, 2.24) is 10.2 Å². The van der Waals surface area contributed by atoms with Gasteiger partial charge in [-0.1, -0.05) is 50.2 Å². The number of nitrogens with zero attached hydrogens (tertiary/aromatic N) is 1. The van der Waals surface area contributed by atoms with Crippen LogP contribution in [0.3, 0.4) is 0 Å². The molecule has 4 nitrogen and oxygen atoms in total. The normalized spacial score (nSPS) is 14.7. The number of fused-ring (bicyclic) bond motifs is 2. The summed E-state index contributed by atoms with van der Waals surface area (Å²) in [5, 5.41) is 2.83. The predicted molar refractivity (Wildman–Crippen MR) is 124 cm³/mol. The van der Waals surface area contributed by atoms with E-state index in [9.17, 15) is 9.18 Å². The summed E-state index contributed by atoms with van der Waals surface area (Å²) < 4.78 is 19.5. The van der Waals surface area contributed by atoms with Gasteiger partial charge in [-0.05, 0) is 52.9 Å². The Balaban J connectivity index is 0.00000119. The monoisotopic (exact) mass is 432 g/mol. The van der Waals surface area contributed by atoms with Gasteiger partial charge in [0.2, 0.25) is 0 Å². The average molecular weight is 433 g/mol. The lowest BCUT2D eigenvalue weighted by atomic mass is 9.99. The number of nitrogens with one attached hydrogen (secondary N) is 1. The summed E-state index contributed by atoms with van der Waals surface area (Å²) in [5.41, 5.74) is 6.29. The molecule has 0 radical (unpaired) electrons. The molecule has 0 aliphatic carbocycles. The van der Waals surface area contributed by atoms with Crippen molar-refractivity contribution in [2.75, 3.05) is 6.54 Å². The second kappa shape index (κ2) is 9.96. The standard InChI is InChI=1S/C25H23FN2O2.C2H6/c26-21-9-8-19-10-11-28(15-20(19)12-21)14-17-4-6-18(7-5-17)16-30-24-3-1-2-22-23(24)13-27-25(22)29;1-2/h1-9,12H,10-11,13-16H2,(H,27,29);1-2H3. The zero-order chi connectivity index (χ0) is 22.5. The molecule has 0 unspecified atom stereocenters. The van der Waals surface area contributed by atoms with Crippen LogP contribution >= 0.6 is 0 Å². The van der Waals surface area contributed by atoms with Crippen molar-refractivity contribution in [2.45, 2.75) is 46.5 Å². The van der Waals surface area contributed by atoms with E-state index in [0.29, 0.717) is 18.7 Å². The quantitative estimate of drug-likeness (QED) is 0.600. The Kier molecular flexibility index (Phi) is 6.86. The minimum absolute atomic E-state index is 0.0390. The maximum atomic E-state index is 13.5. The Morgan fingerprint density at radius 1 is 1.00 bits per heavy atom. The van der Waals surface area contributed by atoms with E-state index in [-0.39, 0.29) is 11.7 Å². The molecule has 2 aliphatic rings. The second-order valence-electron chi connectivity index (χ2n) is 7.94. The molecular formula is C27H29FN2O2. The van der Waals surface area contributed by atoms with Gasteiger partial charge < -0.3 is 10.1 Å². The van der Waals surface area contributed by atoms with Crippen molar-refractivity contribution in [3.63, 3.8) is 0 Å². The first kappa shape index (κ1) is 22.0. The van der Waals surface area contributed by atoms with E-state index in [0.717, 1.165) is 48.5 Å². The molecule has 0 saturated carbocycles. The van der Waals surface area contributed by atoms with Crippen LogP contribution in [-0.2, 0) is 32.7 Å². The topological polar surface area (TPSA) is 41.6 Å². The smallest absolute Gasteiger partial charge is 0.252 e. The Morgan fingerprint density at radius 3 is 2.59 bits per heavy atom. The molecular weight excluding hydrogens is 403 g/mol. The lowest BCUT2D eigenvalue weighted by Crippen LogP contribution is -2.30. The van der Waals surface area contributed by atoms with Crippen LogP contribution in [0.1, 0.15) is 52.0 Å². The van der Waals surface area contributed by atoms with Crippen LogP contribution in [0.4, 0.5) is 4.39 Å². The fourth-order valence-electron chi connectivity index (χ4n) is 4.24. The Bertz CT molecular complexity index is 1100. The molecule has 2 aliphatic heterocycles. The highest BCUT2D eigenvalue weighted by molar-refractivity contribution is 5.99. The van der Waals surface area contributed by atoms with Gasteiger partial charge in [0.05, 0.1) is 0 Å². The van der Waals surface area contributed by atoms with Gasteiger partial charge in [0.15, 0.2) is 0 Å². The van der Waals surface area contributed by atoms with Gasteiger partial charge in [0.25, 0.3) is 5.91 Å². The summed E-state index contributed by atoms with van der Waals surface area (Å²) in [6.45, 7) is 7.59. The predicted octanol–water partition coefficient (Wildman–Crippen LogP) is 5.23. The third-order valence-corrected chi connectivity index (χ3v) is 5.89. The Morgan fingerprint density at radius 2 is 1.78 bits per heavy atom. The first-order valence-electron chi connectivity index (χ1n) is 11.3. The van der Waals surface area contributed by atoms with E-state index in [2.05, 4.69) is 34.5 Å². The minimum Gasteiger partial charge on any atom is -0.489 e. The van der Waals surface area contributed by atoms with Gasteiger partial charge in [0.1, 0.15) is 18.2 Å². The molecule has 0 fully saturated rings. The molecule has 32 heavy (non-hydrogen) atoms. The molecule has 166 valence electrons. The zero-order valence-electron chi connectivity index (χ0n) is 18.7. The lowest BCUT2D eigenvalue weighted by Gasteiger charge is -2.28. The highest BCUT2D eigenvalue weighted by Gasteiger charge is 2.22. The summed E-state index contributed by atoms with van der Waals surface area (Å²) in [7, 11) is 0. The van der Waals surface area contributed by atoms with Gasteiger partial charge in [-0.15, -0.1) is 0 Å². The SMILES string of the molecule is CC.O=C1NCc2c(OCc3ccc(CN4CCc5ccc(F)cc5C4)cc3)cccc21. The first-order chi connectivity index (χ1) is 15.7. The van der Waals surface area contributed by atoms with Crippen molar-refractivity contribution in [2.24, 2.45) is 0 Å². The van der Waals surface area contributed by atoms with E-state index in [4.69, 9.17) is 4.74 Å². The van der Waals surface area contributed by atoms with Crippen LogP contribution in [0, 0.1) is 5.82 Å². The molecule has 0 spiro atoms. The highest BCUT2D eigenvalue weighted by Crippen LogP contribution is 2.27. The minimum atomic E-state index is -0.163. The van der Waals surface area contributed by atoms with Crippen molar-refractivity contribution in [1.29, 1.82) is 0 Å². The molecule has 2 heterocycles. The van der Waals surface area contributed by atoms with E-state index in [1.807, 2.05) is 38.1 Å². The van der Waals surface area contributed by atoms with Gasteiger partial charge in [-0.2, -0.15) is 0 Å². The summed E-state index contributed by atoms with van der Waals surface area (Å²) in [6.07, 6.45) is 0.959. The summed E-state index contributed by atoms with van der Waals surface area (Å²) in [6, 6.07) is 19.1. The van der Waals surface area contributed by atoms with Gasteiger partial charge in [-0.3, -0.25) is 9.69 Å². The van der Waals surface area contributed by atoms with Crippen LogP contribution in [-0.4, -0.2) is 17.4 Å². The van der Waals surface area contributed by atoms with Crippen LogP contribution in [0.15, 0.2) is 60.7 Å². The number of carbonyl (C=O) groups is 1. The van der Waals surface area contributed by atoms with Crippen molar-refractivity contribution in [3.8, 4) is 5.75 Å². The van der Waals surface area contributed by atoms with Crippen LogP contribution in [0.5, 0.6) is 5.75 Å². The highest BCUT2D eigenvalue weighted by atomic mass is 19.1. The number of ether oxygens (including phenoxy) is 1. The molecule has 1 N–H and O–H groups in total. The van der Waals surface area contributed by atoms with Crippen LogP contribution in [0.25, 0.3) is 0 Å². The molecule has 0 atom stereocenters. The Hall–Kier alpha value is -3.18. The summed E-state index contributed by atoms with van der Waals surface area (Å²) in [5.74, 6) is 0.557. The Labute approximate surface area is 189 Å². The van der Waals surface area contributed by atoms with E-state index in [1.165, 1.54) is 11.1 Å². The molecule has 3 aromatic rings. The fourth-order valence-corrected chi connectivity index (χ4v) is 4.24. The van der Waals surface area contributed by atoms with Crippen molar-refractivity contribution in [3.05, 3.63) is 99.9 Å². The van der Waals surface area contributed by atoms with Crippen molar-refractivity contribution >= 4 is 5.91 Å². The maximum Gasteiger partial charge on any atom is 0.252 e. The molecule has 5 heteroatoms. The number of amides is 1. The molecule has 1 amide bonds. The van der Waals surface area contributed by atoms with E-state index >= 15 is 0 Å². The third kappa shape index (κ3) is 4.83. The number of rotatable bonds is 5. The average Bonchev–Trinajstić information content (AvgIpc) is 3.21. The molecule has 5 rings (SSSR count). The van der Waals surface area contributed by atoms with Gasteiger partial charge in [0, 0.05) is 37.3 Å². The summed E-state index contributed by atoms with van der Waals surface area (Å²) in [4.78, 5) is 14.1. The van der Waals surface area contributed by atoms with Crippen LogP contribution in [0.2, 0.25) is 0 Å². The number of hydrogen-bond donors (Lipinski definition) is 1. The third-order valence-electron chi connectivity index (χ3n) is 5.89. The zero-order valence-corrected chi connectivity index (χ0v) is 18.7. The first-order valence-corrected chi connectivity index (χ1v) is 11.3. The molecule has 0 aromatic heterocycles. The van der Waals surface area contributed by atoms with Gasteiger partial charge in [-0.25, -0.2) is 4.39 Å². The number of halogens is 1. The molecule has 0 saturated heterocycles. The fraction of sp³-hybridized carbons (Fsp3) is 0.296. The van der Waals surface area contributed by atoms with Crippen molar-refractivity contribution < 1.29 is 13.9 Å². The summed E-state index contributed by atoms with van der Waals surface area (Å²) >= 11 is 0. The second-order valence-corrected chi connectivity index (χ2v) is 7.94. The maximum absolute atomic E-state index is 13.5. The van der Waals surface area contributed by atoms with Gasteiger partial charge >= 0.3 is 0 Å². The molecule has 3 aromatic carbocycles. The number of carbonyl (C=O) groups excluding carboxylic acids is 1. The lowest BCUT2D eigenvalue weighted by molar-refractivity contribution is 0.0965. The van der Waals surface area contributed by atoms with E-state index in [1.54, 1.807) is 12.1 Å². The largest absolute Gasteiger partial charge is 0.489 e. The van der Waals surface area contributed by atoms with E-state index < -0.39 is 0 Å². The molecule has 0 bridgehead atoms. The number of hydrogen-bond acceptors (Lipinski definition) is 3.